The van der Waals surface area contributed by atoms with Crippen molar-refractivity contribution in [3.63, 3.8) is 0 Å². The molecule has 2 rings (SSSR count). The molecule has 1 heterocycles. The number of nitrogens with zero attached hydrogens (tertiary/aromatic N) is 1. The number of ether oxygens (including phenoxy) is 1. The van der Waals surface area contributed by atoms with Gasteiger partial charge in [0.25, 0.3) is 0 Å². The molecule has 3 heteroatoms. The van der Waals surface area contributed by atoms with Crippen molar-refractivity contribution in [1.29, 1.82) is 0 Å². The zero-order chi connectivity index (χ0) is 12.4. The van der Waals surface area contributed by atoms with Crippen LogP contribution in [0.1, 0.15) is 25.8 Å². The van der Waals surface area contributed by atoms with Gasteiger partial charge in [0.15, 0.2) is 0 Å². The molecule has 1 fully saturated rings. The van der Waals surface area contributed by atoms with Crippen molar-refractivity contribution in [3.8, 4) is 5.75 Å². The summed E-state index contributed by atoms with van der Waals surface area (Å²) < 4.78 is 5.39. The minimum atomic E-state index is 0.659. The molecule has 2 atom stereocenters. The van der Waals surface area contributed by atoms with Crippen LogP contribution in [-0.2, 0) is 6.54 Å². The number of nitrogen functional groups attached to an aromatic ring is 1. The summed E-state index contributed by atoms with van der Waals surface area (Å²) in [5.74, 6) is 1.70. The largest absolute Gasteiger partial charge is 0.496 e. The van der Waals surface area contributed by atoms with Crippen molar-refractivity contribution in [2.45, 2.75) is 32.9 Å². The van der Waals surface area contributed by atoms with E-state index in [0.29, 0.717) is 6.04 Å². The van der Waals surface area contributed by atoms with E-state index in [9.17, 15) is 0 Å². The Bertz CT molecular complexity index is 392. The summed E-state index contributed by atoms with van der Waals surface area (Å²) in [6.07, 6.45) is 1.29. The Morgan fingerprint density at radius 2 is 2.18 bits per heavy atom. The van der Waals surface area contributed by atoms with Gasteiger partial charge in [-0.2, -0.15) is 0 Å². The normalized spacial score (nSPS) is 25.1. The minimum Gasteiger partial charge on any atom is -0.496 e. The maximum absolute atomic E-state index is 5.77. The number of methoxy groups -OCH3 is 1. The highest BCUT2D eigenvalue weighted by Crippen LogP contribution is 2.28. The van der Waals surface area contributed by atoms with Gasteiger partial charge in [0.05, 0.1) is 7.11 Å². The van der Waals surface area contributed by atoms with E-state index < -0.39 is 0 Å². The molecular formula is C14H22N2O. The number of hydrogen-bond acceptors (Lipinski definition) is 3. The molecule has 0 amide bonds. The predicted octanol–water partition coefficient (Wildman–Crippen LogP) is 2.51. The van der Waals surface area contributed by atoms with Crippen molar-refractivity contribution in [2.75, 3.05) is 19.4 Å². The number of likely N-dealkylation sites (tertiary alicyclic amines) is 1. The van der Waals surface area contributed by atoms with Crippen LogP contribution in [-0.4, -0.2) is 24.6 Å². The highest BCUT2D eigenvalue weighted by Gasteiger charge is 2.26. The third-order valence-corrected chi connectivity index (χ3v) is 3.60. The number of rotatable bonds is 3. The second-order valence-corrected chi connectivity index (χ2v) is 5.19. The molecule has 0 radical (unpaired) electrons. The lowest BCUT2D eigenvalue weighted by Crippen LogP contribution is -2.26. The van der Waals surface area contributed by atoms with E-state index in [-0.39, 0.29) is 0 Å². The Kier molecular flexibility index (Phi) is 3.57. The van der Waals surface area contributed by atoms with E-state index in [1.807, 2.05) is 12.1 Å². The fourth-order valence-corrected chi connectivity index (χ4v) is 2.72. The Labute approximate surface area is 104 Å². The third kappa shape index (κ3) is 2.72. The smallest absolute Gasteiger partial charge is 0.125 e. The molecule has 1 aromatic carbocycles. The average molecular weight is 234 g/mol. The molecule has 0 saturated carbocycles. The molecule has 1 aliphatic rings. The van der Waals surface area contributed by atoms with Gasteiger partial charge in [-0.3, -0.25) is 4.90 Å². The predicted molar refractivity (Wildman–Crippen MR) is 71.1 cm³/mol. The summed E-state index contributed by atoms with van der Waals surface area (Å²) in [5, 5.41) is 0. The zero-order valence-electron chi connectivity index (χ0n) is 10.9. The fraction of sp³-hybridized carbons (Fsp3) is 0.571. The molecule has 0 aliphatic carbocycles. The van der Waals surface area contributed by atoms with Crippen LogP contribution in [0.25, 0.3) is 0 Å². The Balaban J connectivity index is 2.13. The van der Waals surface area contributed by atoms with Gasteiger partial charge in [-0.1, -0.05) is 13.0 Å². The number of anilines is 1. The van der Waals surface area contributed by atoms with Gasteiger partial charge in [-0.25, -0.2) is 0 Å². The summed E-state index contributed by atoms with van der Waals surface area (Å²) >= 11 is 0. The Morgan fingerprint density at radius 1 is 1.41 bits per heavy atom. The van der Waals surface area contributed by atoms with E-state index in [0.717, 1.165) is 23.9 Å². The summed E-state index contributed by atoms with van der Waals surface area (Å²) in [4.78, 5) is 2.51. The first-order chi connectivity index (χ1) is 8.10. The van der Waals surface area contributed by atoms with Crippen LogP contribution in [0.4, 0.5) is 5.69 Å². The second kappa shape index (κ2) is 4.96. The lowest BCUT2D eigenvalue weighted by Gasteiger charge is -2.22. The molecule has 0 aromatic heterocycles. The number of hydrogen-bond donors (Lipinski definition) is 1. The maximum atomic E-state index is 5.77. The Hall–Kier alpha value is -1.22. The van der Waals surface area contributed by atoms with E-state index >= 15 is 0 Å². The summed E-state index contributed by atoms with van der Waals surface area (Å²) in [6.45, 7) is 6.74. The van der Waals surface area contributed by atoms with Crippen LogP contribution in [0.3, 0.4) is 0 Å². The van der Waals surface area contributed by atoms with Crippen molar-refractivity contribution < 1.29 is 4.74 Å². The molecule has 17 heavy (non-hydrogen) atoms. The molecular weight excluding hydrogens is 212 g/mol. The van der Waals surface area contributed by atoms with Crippen LogP contribution in [0.5, 0.6) is 5.75 Å². The van der Waals surface area contributed by atoms with Crippen LogP contribution in [0.2, 0.25) is 0 Å². The molecule has 94 valence electrons. The van der Waals surface area contributed by atoms with Crippen molar-refractivity contribution in [1.82, 2.24) is 4.90 Å². The molecule has 1 aliphatic heterocycles. The zero-order valence-corrected chi connectivity index (χ0v) is 10.9. The Morgan fingerprint density at radius 3 is 2.76 bits per heavy atom. The van der Waals surface area contributed by atoms with Crippen molar-refractivity contribution in [3.05, 3.63) is 23.8 Å². The van der Waals surface area contributed by atoms with Crippen LogP contribution >= 0.6 is 0 Å². The van der Waals surface area contributed by atoms with Crippen molar-refractivity contribution in [2.24, 2.45) is 5.92 Å². The van der Waals surface area contributed by atoms with Gasteiger partial charge in [0.1, 0.15) is 5.75 Å². The number of benzene rings is 1. The standard InChI is InChI=1S/C14H22N2O/c1-10-6-11(2)16(8-10)9-12-4-5-13(15)7-14(12)17-3/h4-5,7,10-11H,6,8-9,15H2,1-3H3. The van der Waals surface area contributed by atoms with Gasteiger partial charge < -0.3 is 10.5 Å². The van der Waals surface area contributed by atoms with Gasteiger partial charge in [0.2, 0.25) is 0 Å². The van der Waals surface area contributed by atoms with Gasteiger partial charge in [0, 0.05) is 36.4 Å². The maximum Gasteiger partial charge on any atom is 0.125 e. The molecule has 3 nitrogen and oxygen atoms in total. The first kappa shape index (κ1) is 12.2. The van der Waals surface area contributed by atoms with Crippen LogP contribution in [0.15, 0.2) is 18.2 Å². The fourth-order valence-electron chi connectivity index (χ4n) is 2.72. The highest BCUT2D eigenvalue weighted by atomic mass is 16.5. The lowest BCUT2D eigenvalue weighted by atomic mass is 10.1. The van der Waals surface area contributed by atoms with Gasteiger partial charge in [-0.05, 0) is 25.3 Å². The van der Waals surface area contributed by atoms with E-state index in [1.54, 1.807) is 7.11 Å². The topological polar surface area (TPSA) is 38.5 Å². The first-order valence-corrected chi connectivity index (χ1v) is 6.26. The molecule has 1 saturated heterocycles. The number of nitrogens with two attached hydrogens (primary N) is 1. The lowest BCUT2D eigenvalue weighted by molar-refractivity contribution is 0.252. The molecule has 0 spiro atoms. The van der Waals surface area contributed by atoms with Crippen molar-refractivity contribution >= 4 is 5.69 Å². The monoisotopic (exact) mass is 234 g/mol. The van der Waals surface area contributed by atoms with Crippen LogP contribution < -0.4 is 10.5 Å². The first-order valence-electron chi connectivity index (χ1n) is 6.26. The SMILES string of the molecule is COc1cc(N)ccc1CN1CC(C)CC1C. The third-order valence-electron chi connectivity index (χ3n) is 3.60. The quantitative estimate of drug-likeness (QED) is 0.817. The summed E-state index contributed by atoms with van der Waals surface area (Å²) in [7, 11) is 1.70. The second-order valence-electron chi connectivity index (χ2n) is 5.19. The summed E-state index contributed by atoms with van der Waals surface area (Å²) in [5.41, 5.74) is 7.75. The van der Waals surface area contributed by atoms with E-state index in [2.05, 4.69) is 24.8 Å². The molecule has 2 unspecified atom stereocenters. The molecule has 0 bridgehead atoms. The average Bonchev–Trinajstić information content (AvgIpc) is 2.60. The van der Waals surface area contributed by atoms with E-state index in [1.165, 1.54) is 18.5 Å². The van der Waals surface area contributed by atoms with Crippen LogP contribution in [0, 0.1) is 5.92 Å². The molecule has 1 aromatic rings. The van der Waals surface area contributed by atoms with E-state index in [4.69, 9.17) is 10.5 Å². The van der Waals surface area contributed by atoms with Gasteiger partial charge >= 0.3 is 0 Å². The highest BCUT2D eigenvalue weighted by molar-refractivity contribution is 5.48. The summed E-state index contributed by atoms with van der Waals surface area (Å²) in [6, 6.07) is 6.58. The molecule has 2 N–H and O–H groups in total. The minimum absolute atomic E-state index is 0.659. The van der Waals surface area contributed by atoms with Gasteiger partial charge in [-0.15, -0.1) is 0 Å².